The zero-order chi connectivity index (χ0) is 19.1. The van der Waals surface area contributed by atoms with Gasteiger partial charge >= 0.3 is 5.97 Å². The summed E-state index contributed by atoms with van der Waals surface area (Å²) in [5.74, 6) is -0.827. The Kier molecular flexibility index (Phi) is 7.30. The van der Waals surface area contributed by atoms with Crippen LogP contribution >= 0.6 is 23.2 Å². The van der Waals surface area contributed by atoms with E-state index in [9.17, 15) is 9.59 Å². The van der Waals surface area contributed by atoms with Crippen LogP contribution < -0.4 is 10.6 Å². The van der Waals surface area contributed by atoms with Crippen LogP contribution in [0.1, 0.15) is 12.5 Å². The Bertz CT molecular complexity index is 769. The number of ether oxygens (including phenoxy) is 1. The fourth-order valence-corrected chi connectivity index (χ4v) is 2.68. The molecule has 0 spiro atoms. The van der Waals surface area contributed by atoms with E-state index in [0.29, 0.717) is 22.2 Å². The van der Waals surface area contributed by atoms with E-state index in [1.54, 1.807) is 25.1 Å². The van der Waals surface area contributed by atoms with Crippen LogP contribution in [0.4, 0.5) is 5.69 Å². The Morgan fingerprint density at radius 1 is 1.08 bits per heavy atom. The summed E-state index contributed by atoms with van der Waals surface area (Å²) in [5.41, 5.74) is 1.58. The third-order valence-corrected chi connectivity index (χ3v) is 4.52. The molecule has 2 aromatic rings. The summed E-state index contributed by atoms with van der Waals surface area (Å²) in [6.45, 7) is 1.69. The Hall–Kier alpha value is -2.24. The quantitative estimate of drug-likeness (QED) is 0.702. The molecular formula is C19H20Cl2N2O3. The van der Waals surface area contributed by atoms with Crippen molar-refractivity contribution in [1.82, 2.24) is 5.32 Å². The molecule has 0 radical (unpaired) electrons. The molecule has 0 fully saturated rings. The van der Waals surface area contributed by atoms with Crippen molar-refractivity contribution in [3.63, 3.8) is 0 Å². The van der Waals surface area contributed by atoms with E-state index in [0.717, 1.165) is 5.56 Å². The number of hydrogen-bond donors (Lipinski definition) is 2. The van der Waals surface area contributed by atoms with E-state index in [-0.39, 0.29) is 5.91 Å². The third-order valence-electron chi connectivity index (χ3n) is 3.78. The first-order chi connectivity index (χ1) is 12.4. The number of nitrogens with one attached hydrogen (secondary N) is 2. The summed E-state index contributed by atoms with van der Waals surface area (Å²) in [4.78, 5) is 24.5. The van der Waals surface area contributed by atoms with Gasteiger partial charge in [0.15, 0.2) is 0 Å². The van der Waals surface area contributed by atoms with Crippen LogP contribution in [0.15, 0.2) is 48.5 Å². The number of methoxy groups -OCH3 is 1. The average Bonchev–Trinajstić information content (AvgIpc) is 2.64. The molecule has 0 heterocycles. The van der Waals surface area contributed by atoms with Crippen LogP contribution in [0.5, 0.6) is 0 Å². The van der Waals surface area contributed by atoms with E-state index in [1.165, 1.54) is 7.11 Å². The molecule has 2 N–H and O–H groups in total. The monoisotopic (exact) mass is 394 g/mol. The highest BCUT2D eigenvalue weighted by molar-refractivity contribution is 6.42. The minimum absolute atomic E-state index is 0.331. The summed E-state index contributed by atoms with van der Waals surface area (Å²) in [7, 11) is 1.30. The van der Waals surface area contributed by atoms with Crippen molar-refractivity contribution in [3.8, 4) is 0 Å². The Morgan fingerprint density at radius 2 is 1.77 bits per heavy atom. The first-order valence-corrected chi connectivity index (χ1v) is 8.80. The van der Waals surface area contributed by atoms with Crippen LogP contribution in [0.3, 0.4) is 0 Å². The van der Waals surface area contributed by atoms with Crippen LogP contribution in [-0.4, -0.2) is 31.1 Å². The van der Waals surface area contributed by atoms with Crippen LogP contribution in [0.2, 0.25) is 10.0 Å². The van der Waals surface area contributed by atoms with Crippen molar-refractivity contribution >= 4 is 40.8 Å². The summed E-state index contributed by atoms with van der Waals surface area (Å²) in [6.07, 6.45) is 0.346. The normalized spacial score (nSPS) is 12.8. The maximum absolute atomic E-state index is 12.5. The van der Waals surface area contributed by atoms with Crippen molar-refractivity contribution in [2.75, 3.05) is 12.4 Å². The minimum Gasteiger partial charge on any atom is -0.467 e. The van der Waals surface area contributed by atoms with Crippen molar-refractivity contribution in [3.05, 3.63) is 64.1 Å². The van der Waals surface area contributed by atoms with E-state index < -0.39 is 18.1 Å². The number of hydrogen-bond acceptors (Lipinski definition) is 4. The second-order valence-corrected chi connectivity index (χ2v) is 6.58. The maximum atomic E-state index is 12.5. The fourth-order valence-electron chi connectivity index (χ4n) is 2.38. The van der Waals surface area contributed by atoms with Crippen LogP contribution in [-0.2, 0) is 20.7 Å². The number of benzene rings is 2. The lowest BCUT2D eigenvalue weighted by atomic mass is 10.1. The van der Waals surface area contributed by atoms with Crippen molar-refractivity contribution in [1.29, 1.82) is 0 Å². The summed E-state index contributed by atoms with van der Waals surface area (Å²) in [5, 5.41) is 6.58. The van der Waals surface area contributed by atoms with Gasteiger partial charge < -0.3 is 15.4 Å². The van der Waals surface area contributed by atoms with E-state index in [4.69, 9.17) is 27.9 Å². The highest BCUT2D eigenvalue weighted by atomic mass is 35.5. The Morgan fingerprint density at radius 3 is 2.38 bits per heavy atom. The molecule has 2 atom stereocenters. The number of esters is 1. The zero-order valence-corrected chi connectivity index (χ0v) is 16.0. The Balaban J connectivity index is 2.02. The predicted molar refractivity (Wildman–Crippen MR) is 104 cm³/mol. The number of anilines is 1. The maximum Gasteiger partial charge on any atom is 0.328 e. The summed E-state index contributed by atoms with van der Waals surface area (Å²) in [6, 6.07) is 13.1. The van der Waals surface area contributed by atoms with Gasteiger partial charge in [-0.05, 0) is 30.7 Å². The summed E-state index contributed by atoms with van der Waals surface area (Å²) < 4.78 is 4.81. The SMILES string of the molecule is COC(=O)C(Cc1ccccc1)NC(=O)C(C)Nc1ccc(Cl)c(Cl)c1. The molecule has 138 valence electrons. The number of rotatable bonds is 7. The van der Waals surface area contributed by atoms with Gasteiger partial charge in [-0.2, -0.15) is 0 Å². The predicted octanol–water partition coefficient (Wildman–Crippen LogP) is 3.69. The number of carbonyl (C=O) groups excluding carboxylic acids is 2. The van der Waals surface area contributed by atoms with Crippen molar-refractivity contribution < 1.29 is 14.3 Å². The largest absolute Gasteiger partial charge is 0.467 e. The molecule has 7 heteroatoms. The topological polar surface area (TPSA) is 67.4 Å². The van der Waals surface area contributed by atoms with Gasteiger partial charge in [-0.3, -0.25) is 4.79 Å². The molecular weight excluding hydrogens is 375 g/mol. The molecule has 2 unspecified atom stereocenters. The number of carbonyl (C=O) groups is 2. The van der Waals surface area contributed by atoms with Gasteiger partial charge in [0.25, 0.3) is 0 Å². The first-order valence-electron chi connectivity index (χ1n) is 8.04. The highest BCUT2D eigenvalue weighted by Gasteiger charge is 2.24. The molecule has 1 amide bonds. The second-order valence-electron chi connectivity index (χ2n) is 5.77. The first kappa shape index (κ1) is 20.1. The molecule has 0 aliphatic rings. The average molecular weight is 395 g/mol. The number of halogens is 2. The van der Waals surface area contributed by atoms with Crippen LogP contribution in [0, 0.1) is 0 Å². The lowest BCUT2D eigenvalue weighted by molar-refractivity contribution is -0.145. The van der Waals surface area contributed by atoms with Crippen molar-refractivity contribution in [2.24, 2.45) is 0 Å². The zero-order valence-electron chi connectivity index (χ0n) is 14.5. The molecule has 0 saturated carbocycles. The fraction of sp³-hybridized carbons (Fsp3) is 0.263. The van der Waals surface area contributed by atoms with Gasteiger partial charge in [0.05, 0.1) is 17.2 Å². The molecule has 0 saturated heterocycles. The Labute approximate surface area is 162 Å². The number of amides is 1. The van der Waals surface area contributed by atoms with Gasteiger partial charge in [0.1, 0.15) is 12.1 Å². The summed E-state index contributed by atoms with van der Waals surface area (Å²) >= 11 is 11.9. The molecule has 0 aliphatic heterocycles. The second kappa shape index (κ2) is 9.46. The van der Waals surface area contributed by atoms with E-state index >= 15 is 0 Å². The molecule has 0 aromatic heterocycles. The van der Waals surface area contributed by atoms with Gasteiger partial charge in [-0.15, -0.1) is 0 Å². The van der Waals surface area contributed by atoms with Crippen molar-refractivity contribution in [2.45, 2.75) is 25.4 Å². The van der Waals surface area contributed by atoms with E-state index in [1.807, 2.05) is 30.3 Å². The van der Waals surface area contributed by atoms with Gasteiger partial charge in [-0.1, -0.05) is 53.5 Å². The van der Waals surface area contributed by atoms with Gasteiger partial charge in [-0.25, -0.2) is 4.79 Å². The highest BCUT2D eigenvalue weighted by Crippen LogP contribution is 2.25. The molecule has 2 rings (SSSR count). The minimum atomic E-state index is -0.770. The molecule has 2 aromatic carbocycles. The molecule has 26 heavy (non-hydrogen) atoms. The smallest absolute Gasteiger partial charge is 0.328 e. The molecule has 0 aliphatic carbocycles. The molecule has 5 nitrogen and oxygen atoms in total. The lowest BCUT2D eigenvalue weighted by Crippen LogP contribution is -2.48. The van der Waals surface area contributed by atoms with Gasteiger partial charge in [0.2, 0.25) is 5.91 Å². The standard InChI is InChI=1S/C19H20Cl2N2O3/c1-12(22-14-8-9-15(20)16(21)11-14)18(24)23-17(19(25)26-2)10-13-6-4-3-5-7-13/h3-9,11-12,17,22H,10H2,1-2H3,(H,23,24). The van der Waals surface area contributed by atoms with E-state index in [2.05, 4.69) is 10.6 Å². The molecule has 0 bridgehead atoms. The third kappa shape index (κ3) is 5.64. The van der Waals surface area contributed by atoms with Crippen LogP contribution in [0.25, 0.3) is 0 Å². The lowest BCUT2D eigenvalue weighted by Gasteiger charge is -2.21. The van der Waals surface area contributed by atoms with Gasteiger partial charge in [0, 0.05) is 12.1 Å².